The van der Waals surface area contributed by atoms with Crippen molar-refractivity contribution in [1.29, 1.82) is 0 Å². The van der Waals surface area contributed by atoms with Crippen LogP contribution in [0.25, 0.3) is 0 Å². The number of aromatic nitrogens is 1. The number of pyridine rings is 1. The molecule has 1 aromatic heterocycles. The zero-order valence-corrected chi connectivity index (χ0v) is 8.96. The van der Waals surface area contributed by atoms with E-state index in [0.29, 0.717) is 16.8 Å². The third kappa shape index (κ3) is 2.75. The number of hydrogen-bond acceptors (Lipinski definition) is 3. The maximum atomic E-state index is 11.8. The zero-order chi connectivity index (χ0) is 12.1. The number of carbonyl (C=O) groups excluding carboxylic acids is 2. The van der Waals surface area contributed by atoms with Crippen molar-refractivity contribution < 1.29 is 9.59 Å². The minimum Gasteiger partial charge on any atom is -0.322 e. The first-order valence-electron chi connectivity index (χ1n) is 5.06. The summed E-state index contributed by atoms with van der Waals surface area (Å²) in [5.74, 6) is -0.203. The van der Waals surface area contributed by atoms with E-state index in [2.05, 4.69) is 10.3 Å². The molecule has 1 amide bonds. The predicted molar refractivity (Wildman–Crippen MR) is 64.0 cm³/mol. The van der Waals surface area contributed by atoms with Gasteiger partial charge in [0.15, 0.2) is 0 Å². The molecule has 0 fully saturated rings. The predicted octanol–water partition coefficient (Wildman–Crippen LogP) is 2.15. The van der Waals surface area contributed by atoms with Crippen LogP contribution in [-0.4, -0.2) is 17.2 Å². The average molecular weight is 226 g/mol. The molecule has 2 rings (SSSR count). The van der Waals surface area contributed by atoms with Crippen molar-refractivity contribution in [2.45, 2.75) is 0 Å². The van der Waals surface area contributed by atoms with Crippen LogP contribution < -0.4 is 5.32 Å². The number of carbonyl (C=O) groups is 2. The molecule has 0 saturated heterocycles. The molecule has 17 heavy (non-hydrogen) atoms. The smallest absolute Gasteiger partial charge is 0.255 e. The molecule has 0 saturated carbocycles. The van der Waals surface area contributed by atoms with Crippen molar-refractivity contribution in [2.24, 2.45) is 0 Å². The fourth-order valence-corrected chi connectivity index (χ4v) is 1.35. The highest BCUT2D eigenvalue weighted by atomic mass is 16.1. The van der Waals surface area contributed by atoms with Gasteiger partial charge in [0.25, 0.3) is 5.91 Å². The van der Waals surface area contributed by atoms with Crippen LogP contribution in [0.15, 0.2) is 48.8 Å². The maximum Gasteiger partial charge on any atom is 0.255 e. The number of nitrogens with one attached hydrogen (secondary N) is 1. The molecule has 0 spiro atoms. The maximum absolute atomic E-state index is 11.8. The Bertz CT molecular complexity index is 521. The second-order valence-corrected chi connectivity index (χ2v) is 3.43. The Balaban J connectivity index is 2.10. The third-order valence-electron chi connectivity index (χ3n) is 2.25. The summed E-state index contributed by atoms with van der Waals surface area (Å²) in [5, 5.41) is 2.73. The summed E-state index contributed by atoms with van der Waals surface area (Å²) in [4.78, 5) is 26.1. The number of amides is 1. The highest BCUT2D eigenvalue weighted by Gasteiger charge is 2.04. The lowest BCUT2D eigenvalue weighted by Crippen LogP contribution is -2.11. The Kier molecular flexibility index (Phi) is 3.25. The normalized spacial score (nSPS) is 9.65. The van der Waals surface area contributed by atoms with E-state index in [0.717, 1.165) is 6.29 Å². The third-order valence-corrected chi connectivity index (χ3v) is 2.25. The van der Waals surface area contributed by atoms with Gasteiger partial charge in [-0.3, -0.25) is 14.6 Å². The van der Waals surface area contributed by atoms with Crippen molar-refractivity contribution in [3.8, 4) is 0 Å². The summed E-state index contributed by atoms with van der Waals surface area (Å²) < 4.78 is 0. The largest absolute Gasteiger partial charge is 0.322 e. The molecule has 1 aromatic carbocycles. The van der Waals surface area contributed by atoms with Crippen LogP contribution >= 0.6 is 0 Å². The fraction of sp³-hybridized carbons (Fsp3) is 0. The Labute approximate surface area is 98.3 Å². The van der Waals surface area contributed by atoms with Gasteiger partial charge < -0.3 is 5.32 Å². The van der Waals surface area contributed by atoms with E-state index in [1.165, 1.54) is 0 Å². The molecule has 84 valence electrons. The second-order valence-electron chi connectivity index (χ2n) is 3.43. The lowest BCUT2D eigenvalue weighted by Gasteiger charge is -2.04. The van der Waals surface area contributed by atoms with E-state index >= 15 is 0 Å². The van der Waals surface area contributed by atoms with Gasteiger partial charge in [-0.05, 0) is 36.4 Å². The number of hydrogen-bond donors (Lipinski definition) is 1. The number of rotatable bonds is 3. The summed E-state index contributed by atoms with van der Waals surface area (Å²) in [6, 6.07) is 9.93. The Morgan fingerprint density at radius 2 is 1.71 bits per heavy atom. The highest BCUT2D eigenvalue weighted by molar-refractivity contribution is 6.04. The van der Waals surface area contributed by atoms with Crippen LogP contribution in [0.3, 0.4) is 0 Å². The van der Waals surface area contributed by atoms with Crippen molar-refractivity contribution in [1.82, 2.24) is 4.98 Å². The minimum atomic E-state index is -0.203. The highest BCUT2D eigenvalue weighted by Crippen LogP contribution is 2.10. The number of anilines is 1. The first-order chi connectivity index (χ1) is 8.29. The van der Waals surface area contributed by atoms with E-state index in [9.17, 15) is 9.59 Å². The first kappa shape index (κ1) is 11.0. The molecule has 0 aliphatic heterocycles. The van der Waals surface area contributed by atoms with Gasteiger partial charge in [0.05, 0.1) is 0 Å². The van der Waals surface area contributed by atoms with Gasteiger partial charge in [-0.25, -0.2) is 0 Å². The SMILES string of the molecule is O=Cc1ccc(NC(=O)c2ccncc2)cc1. The van der Waals surface area contributed by atoms with Crippen LogP contribution in [-0.2, 0) is 0 Å². The molecule has 0 aliphatic carbocycles. The summed E-state index contributed by atoms with van der Waals surface area (Å²) >= 11 is 0. The van der Waals surface area contributed by atoms with Crippen molar-refractivity contribution in [3.63, 3.8) is 0 Å². The molecule has 0 radical (unpaired) electrons. The minimum absolute atomic E-state index is 0.203. The van der Waals surface area contributed by atoms with Gasteiger partial charge in [0, 0.05) is 29.2 Å². The Hall–Kier alpha value is -2.49. The molecule has 1 heterocycles. The van der Waals surface area contributed by atoms with E-state index in [-0.39, 0.29) is 5.91 Å². The first-order valence-corrected chi connectivity index (χ1v) is 5.06. The fourth-order valence-electron chi connectivity index (χ4n) is 1.35. The van der Waals surface area contributed by atoms with E-state index < -0.39 is 0 Å². The van der Waals surface area contributed by atoms with Gasteiger partial charge >= 0.3 is 0 Å². The topological polar surface area (TPSA) is 59.1 Å². The van der Waals surface area contributed by atoms with Crippen LogP contribution in [0.2, 0.25) is 0 Å². The van der Waals surface area contributed by atoms with Crippen LogP contribution in [0, 0.1) is 0 Å². The second kappa shape index (κ2) is 5.03. The monoisotopic (exact) mass is 226 g/mol. The standard InChI is InChI=1S/C13H10N2O2/c16-9-10-1-3-12(4-2-10)15-13(17)11-5-7-14-8-6-11/h1-9H,(H,15,17). The molecule has 4 heteroatoms. The number of benzene rings is 1. The summed E-state index contributed by atoms with van der Waals surface area (Å²) in [6.45, 7) is 0. The van der Waals surface area contributed by atoms with Gasteiger partial charge in [-0.1, -0.05) is 0 Å². The van der Waals surface area contributed by atoms with E-state index in [1.54, 1.807) is 48.8 Å². The zero-order valence-electron chi connectivity index (χ0n) is 8.96. The van der Waals surface area contributed by atoms with Gasteiger partial charge in [-0.15, -0.1) is 0 Å². The molecular formula is C13H10N2O2. The van der Waals surface area contributed by atoms with E-state index in [4.69, 9.17) is 0 Å². The summed E-state index contributed by atoms with van der Waals surface area (Å²) in [7, 11) is 0. The molecule has 0 bridgehead atoms. The lowest BCUT2D eigenvalue weighted by molar-refractivity contribution is 0.102. The quantitative estimate of drug-likeness (QED) is 0.816. The summed E-state index contributed by atoms with van der Waals surface area (Å²) in [6.07, 6.45) is 3.88. The molecule has 1 N–H and O–H groups in total. The van der Waals surface area contributed by atoms with Crippen molar-refractivity contribution >= 4 is 17.9 Å². The van der Waals surface area contributed by atoms with Gasteiger partial charge in [0.2, 0.25) is 0 Å². The van der Waals surface area contributed by atoms with Crippen LogP contribution in [0.5, 0.6) is 0 Å². The van der Waals surface area contributed by atoms with Gasteiger partial charge in [0.1, 0.15) is 6.29 Å². The van der Waals surface area contributed by atoms with Crippen molar-refractivity contribution in [2.75, 3.05) is 5.32 Å². The van der Waals surface area contributed by atoms with Crippen LogP contribution in [0.1, 0.15) is 20.7 Å². The Morgan fingerprint density at radius 1 is 1.06 bits per heavy atom. The molecule has 4 nitrogen and oxygen atoms in total. The lowest BCUT2D eigenvalue weighted by atomic mass is 10.2. The molecule has 0 atom stereocenters. The Morgan fingerprint density at radius 3 is 2.29 bits per heavy atom. The van der Waals surface area contributed by atoms with Crippen LogP contribution in [0.4, 0.5) is 5.69 Å². The van der Waals surface area contributed by atoms with E-state index in [1.807, 2.05) is 0 Å². The molecular weight excluding hydrogens is 216 g/mol. The van der Waals surface area contributed by atoms with Crippen molar-refractivity contribution in [3.05, 3.63) is 59.9 Å². The molecule has 0 unspecified atom stereocenters. The molecule has 0 aliphatic rings. The molecule has 2 aromatic rings. The number of aldehydes is 1. The summed E-state index contributed by atoms with van der Waals surface area (Å²) in [5.41, 5.74) is 1.77. The van der Waals surface area contributed by atoms with Gasteiger partial charge in [-0.2, -0.15) is 0 Å². The number of nitrogens with zero attached hydrogens (tertiary/aromatic N) is 1. The average Bonchev–Trinajstić information content (AvgIpc) is 2.40.